The van der Waals surface area contributed by atoms with Crippen molar-refractivity contribution in [3.8, 4) is 68.2 Å². The van der Waals surface area contributed by atoms with Crippen molar-refractivity contribution in [2.24, 2.45) is 0 Å². The van der Waals surface area contributed by atoms with Gasteiger partial charge in [0.15, 0.2) is 0 Å². The molecule has 0 atom stereocenters. The Bertz CT molecular complexity index is 3610. The highest BCUT2D eigenvalue weighted by atomic mass is 127. The minimum Gasteiger partial charge on any atom is -0.508 e. The number of phenolic OH excluding ortho intramolecular Hbond substituents is 6. The topological polar surface area (TPSA) is 214 Å². The average molecular weight is 1550 g/mol. The van der Waals surface area contributed by atoms with Crippen LogP contribution in [0.1, 0.15) is 200 Å². The van der Waals surface area contributed by atoms with Crippen molar-refractivity contribution in [1.29, 1.82) is 0 Å². The predicted octanol–water partition coefficient (Wildman–Crippen LogP) is 20.6. The number of phenols is 6. The summed E-state index contributed by atoms with van der Waals surface area (Å²) in [5.41, 5.74) is 15.2. The number of ether oxygens (including phenoxy) is 2. The molecule has 0 spiro atoms. The summed E-state index contributed by atoms with van der Waals surface area (Å²) in [4.78, 5) is 22.5. The molecule has 0 fully saturated rings. The van der Waals surface area contributed by atoms with Crippen LogP contribution < -0.4 is 14.9 Å². The van der Waals surface area contributed by atoms with Gasteiger partial charge in [0, 0.05) is 25.5 Å². The lowest BCUT2D eigenvalue weighted by molar-refractivity contribution is -0.132. The van der Waals surface area contributed by atoms with Crippen LogP contribution in [0.5, 0.6) is 46.0 Å². The minimum atomic E-state index is -1.35. The van der Waals surface area contributed by atoms with Crippen molar-refractivity contribution >= 4 is 69.7 Å². The Morgan fingerprint density at radius 2 is 0.711 bits per heavy atom. The van der Waals surface area contributed by atoms with Crippen molar-refractivity contribution in [3.05, 3.63) is 202 Å². The molecule has 97 heavy (non-hydrogen) atoms. The summed E-state index contributed by atoms with van der Waals surface area (Å²) in [7, 11) is -1.35. The molecule has 0 amide bonds. The van der Waals surface area contributed by atoms with Crippen LogP contribution in [0.3, 0.4) is 0 Å². The van der Waals surface area contributed by atoms with E-state index in [0.29, 0.717) is 26.1 Å². The Labute approximate surface area is 607 Å². The zero-order chi connectivity index (χ0) is 72.0. The fourth-order valence-electron chi connectivity index (χ4n) is 10.8. The van der Waals surface area contributed by atoms with Gasteiger partial charge in [-0.1, -0.05) is 200 Å². The van der Waals surface area contributed by atoms with Gasteiger partial charge in [0.1, 0.15) is 46.0 Å². The van der Waals surface area contributed by atoms with E-state index in [1.165, 1.54) is 119 Å². The second-order valence-corrected chi connectivity index (χ2v) is 27.0. The molecule has 0 aliphatic heterocycles. The van der Waals surface area contributed by atoms with Gasteiger partial charge in [0.05, 0.1) is 12.7 Å². The zero-order valence-corrected chi connectivity index (χ0v) is 63.8. The number of esters is 2. The first-order valence-electron chi connectivity index (χ1n) is 34.4. The molecule has 0 aliphatic rings. The molecule has 0 aromatic heterocycles. The summed E-state index contributed by atoms with van der Waals surface area (Å²) in [5, 5.41) is 75.2. The van der Waals surface area contributed by atoms with Crippen LogP contribution >= 0.6 is 45.2 Å². The number of carbonyl (C=O) groups excluding carboxylic acids is 2. The number of hydrogen-bond acceptors (Lipinski definition) is 12. The molecule has 0 unspecified atom stereocenters. The fourth-order valence-corrected chi connectivity index (χ4v) is 11.5. The molecule has 15 heteroatoms. The number of halogens is 2. The van der Waals surface area contributed by atoms with Gasteiger partial charge in [-0.05, 0) is 248 Å². The zero-order valence-electron chi connectivity index (χ0n) is 59.5. The molecule has 8 aromatic carbocycles. The second kappa shape index (κ2) is 46.3. The van der Waals surface area contributed by atoms with E-state index >= 15 is 0 Å². The van der Waals surface area contributed by atoms with Crippen molar-refractivity contribution in [2.45, 2.75) is 212 Å². The van der Waals surface area contributed by atoms with Gasteiger partial charge in [0.2, 0.25) is 0 Å². The monoisotopic (exact) mass is 1550 g/mol. The highest BCUT2D eigenvalue weighted by molar-refractivity contribution is 14.1. The lowest BCUT2D eigenvalue weighted by Gasteiger charge is -2.15. The van der Waals surface area contributed by atoms with E-state index in [1.807, 2.05) is 85.0 Å². The van der Waals surface area contributed by atoms with Gasteiger partial charge in [-0.3, -0.25) is 9.59 Å². The number of aromatic hydroxyl groups is 6. The largest absolute Gasteiger partial charge is 0.508 e. The number of carbonyl (C=O) groups is 2. The summed E-state index contributed by atoms with van der Waals surface area (Å²) >= 11 is 4.15. The van der Waals surface area contributed by atoms with Gasteiger partial charge >= 0.3 is 19.1 Å². The Morgan fingerprint density at radius 3 is 1.08 bits per heavy atom. The standard InChI is InChI=1S/C21H26O2.C18H22O2.C14H19IO2.C11H15IO2.C11H16O2.C7H9BO2/c1-5-6-7-10-18-13-16(3)21(20(14-18)23-17(4)22)19-11-8-9-15(2)12-19;1-3-4-5-8-14-11-16(19)18(17(20)12-14)15-9-6-7-13(2)10-15;1-4-5-6-7-12-8-10(2)14(15)13(9-12)17-11(3)16;1-2-3-4-5-8-6-9(13)11(12)10(14)7-8;1-2-3-4-5-9-6-10(12)8-11(13)7-9;1-6-3-2-4-7(5-6)8(9)10/h8-9,11-14H,5-7,10H2,1-4H3;6-7,9-12,19-20H,3-5,8H2,1-2H3;8-9H,4-7H2,1-3H3;6-7,13-14H,2-5H2,1H3;6-8,12-13H,2-5H2,1H3;2-5,9-10H,1H3. The number of hydrogen-bond donors (Lipinski definition) is 8. The molecule has 0 saturated carbocycles. The van der Waals surface area contributed by atoms with Crippen molar-refractivity contribution in [1.82, 2.24) is 0 Å². The first-order chi connectivity index (χ1) is 46.2. The van der Waals surface area contributed by atoms with E-state index in [-0.39, 0.29) is 46.4 Å². The van der Waals surface area contributed by atoms with Crippen LogP contribution in [-0.2, 0) is 41.7 Å². The van der Waals surface area contributed by atoms with E-state index in [9.17, 15) is 40.2 Å². The number of aryl methyl sites for hydroxylation is 10. The predicted molar refractivity (Wildman–Crippen MR) is 417 cm³/mol. The van der Waals surface area contributed by atoms with Crippen LogP contribution in [0.15, 0.2) is 140 Å². The van der Waals surface area contributed by atoms with E-state index in [1.54, 1.807) is 54.6 Å². The van der Waals surface area contributed by atoms with Crippen LogP contribution in [0.4, 0.5) is 0 Å². The Balaban J connectivity index is 0.000000309. The SMILES string of the molecule is CCCCCc1cc(C)c(-c2cccc(C)c2)c(OC(C)=O)c1.CCCCCc1cc(C)c(I)c(OC(C)=O)c1.CCCCCc1cc(O)c(-c2cccc(C)c2)c(O)c1.CCCCCc1cc(O)c(I)c(O)c1.CCCCCc1cc(O)cc(O)c1.Cc1cccc(B(O)O)c1. The summed E-state index contributed by atoms with van der Waals surface area (Å²) in [6.07, 6.45) is 22.5. The fraction of sp³-hybridized carbons (Fsp3) is 0.390. The highest BCUT2D eigenvalue weighted by Crippen LogP contribution is 2.40. The van der Waals surface area contributed by atoms with E-state index in [4.69, 9.17) is 19.5 Å². The molecule has 8 rings (SSSR count). The van der Waals surface area contributed by atoms with E-state index < -0.39 is 7.12 Å². The minimum absolute atomic E-state index is 0.145. The molecule has 524 valence electrons. The van der Waals surface area contributed by atoms with Gasteiger partial charge < -0.3 is 50.2 Å². The maximum Gasteiger partial charge on any atom is 0.488 e. The Morgan fingerprint density at radius 1 is 0.371 bits per heavy atom. The summed E-state index contributed by atoms with van der Waals surface area (Å²) in [6, 6.07) is 43.4. The third-order valence-corrected chi connectivity index (χ3v) is 18.1. The van der Waals surface area contributed by atoms with Gasteiger partial charge in [-0.25, -0.2) is 0 Å². The average Bonchev–Trinajstić information content (AvgIpc) is 0.823. The lowest BCUT2D eigenvalue weighted by Crippen LogP contribution is -2.29. The highest BCUT2D eigenvalue weighted by Gasteiger charge is 2.16. The van der Waals surface area contributed by atoms with Crippen LogP contribution in [0, 0.1) is 41.8 Å². The number of unbranched alkanes of at least 4 members (excludes halogenated alkanes) is 10. The molecule has 0 bridgehead atoms. The Kier molecular flexibility index (Phi) is 40.1. The van der Waals surface area contributed by atoms with E-state index in [0.717, 1.165) is 105 Å². The molecule has 0 heterocycles. The third kappa shape index (κ3) is 32.5. The lowest BCUT2D eigenvalue weighted by atomic mass is 9.80. The first kappa shape index (κ1) is 84.2. The van der Waals surface area contributed by atoms with Crippen molar-refractivity contribution < 1.29 is 59.8 Å². The summed E-state index contributed by atoms with van der Waals surface area (Å²) in [5.74, 6) is 1.80. The second-order valence-electron chi connectivity index (χ2n) is 24.8. The normalized spacial score (nSPS) is 10.4. The molecular formula is C82H107BI2O12. The number of benzene rings is 8. The molecule has 12 nitrogen and oxygen atoms in total. The molecule has 0 saturated heterocycles. The van der Waals surface area contributed by atoms with Crippen LogP contribution in [0.2, 0.25) is 0 Å². The Hall–Kier alpha value is -7.06. The molecule has 8 N–H and O–H groups in total. The van der Waals surface area contributed by atoms with Crippen molar-refractivity contribution in [3.63, 3.8) is 0 Å². The third-order valence-electron chi connectivity index (χ3n) is 15.7. The number of rotatable bonds is 25. The summed E-state index contributed by atoms with van der Waals surface area (Å²) in [6.45, 7) is 23.9. The quantitative estimate of drug-likeness (QED) is 0.00882. The van der Waals surface area contributed by atoms with Gasteiger partial charge in [-0.15, -0.1) is 0 Å². The first-order valence-corrected chi connectivity index (χ1v) is 36.5. The van der Waals surface area contributed by atoms with Crippen LogP contribution in [0.25, 0.3) is 22.3 Å². The molecule has 8 aromatic rings. The molecular weight excluding hydrogens is 1440 g/mol. The maximum absolute atomic E-state index is 11.5. The van der Waals surface area contributed by atoms with Crippen LogP contribution in [-0.4, -0.2) is 59.7 Å². The van der Waals surface area contributed by atoms with E-state index in [2.05, 4.69) is 108 Å². The molecule has 0 radical (unpaired) electrons. The molecule has 0 aliphatic carbocycles. The smallest absolute Gasteiger partial charge is 0.488 e. The van der Waals surface area contributed by atoms with Gasteiger partial charge in [-0.2, -0.15) is 0 Å². The summed E-state index contributed by atoms with van der Waals surface area (Å²) < 4.78 is 12.3. The van der Waals surface area contributed by atoms with Gasteiger partial charge in [0.25, 0.3) is 0 Å². The maximum atomic E-state index is 11.5. The van der Waals surface area contributed by atoms with Crippen molar-refractivity contribution in [2.75, 3.05) is 0 Å².